The van der Waals surface area contributed by atoms with Crippen LogP contribution in [0.3, 0.4) is 0 Å². The molecule has 0 radical (unpaired) electrons. The Balaban J connectivity index is 2.11. The molecule has 1 amide bonds. The summed E-state index contributed by atoms with van der Waals surface area (Å²) in [4.78, 5) is 11.7. The Bertz CT molecular complexity index is 277. The van der Waals surface area contributed by atoms with Gasteiger partial charge in [-0.1, -0.05) is 6.92 Å². The molecule has 2 fully saturated rings. The first-order valence-electron chi connectivity index (χ1n) is 6.72. The lowest BCUT2D eigenvalue weighted by Gasteiger charge is -2.43. The van der Waals surface area contributed by atoms with Crippen LogP contribution in [0.25, 0.3) is 0 Å². The maximum Gasteiger partial charge on any atom is 0.222 e. The Kier molecular flexibility index (Phi) is 4.05. The molecule has 2 rings (SSSR count). The smallest absolute Gasteiger partial charge is 0.222 e. The molecule has 4 nitrogen and oxygen atoms in total. The van der Waals surface area contributed by atoms with E-state index in [1.54, 1.807) is 0 Å². The molecule has 5 atom stereocenters. The maximum absolute atomic E-state index is 11.7. The SMILES string of the molecule is CC1CC(C)C(C(N)=O)C(C2CCCOC2)N1. The standard InChI is InChI=1S/C13H24N2O2/c1-8-6-9(2)15-12(11(8)13(14)16)10-4-3-5-17-7-10/h8-12,15H,3-7H2,1-2H3,(H2,14,16). The van der Waals surface area contributed by atoms with E-state index in [0.717, 1.165) is 32.5 Å². The van der Waals surface area contributed by atoms with E-state index in [4.69, 9.17) is 10.5 Å². The molecule has 0 saturated carbocycles. The molecule has 5 unspecified atom stereocenters. The summed E-state index contributed by atoms with van der Waals surface area (Å²) in [6.45, 7) is 5.95. The Labute approximate surface area is 103 Å². The van der Waals surface area contributed by atoms with Crippen molar-refractivity contribution in [2.75, 3.05) is 13.2 Å². The number of nitrogens with one attached hydrogen (secondary N) is 1. The van der Waals surface area contributed by atoms with E-state index in [2.05, 4.69) is 19.2 Å². The number of piperidine rings is 1. The van der Waals surface area contributed by atoms with Crippen LogP contribution in [0.5, 0.6) is 0 Å². The molecule has 0 spiro atoms. The molecule has 3 N–H and O–H groups in total. The molecule has 0 aliphatic carbocycles. The normalized spacial score (nSPS) is 43.3. The summed E-state index contributed by atoms with van der Waals surface area (Å²) >= 11 is 0. The van der Waals surface area contributed by atoms with Crippen LogP contribution in [0, 0.1) is 17.8 Å². The van der Waals surface area contributed by atoms with Crippen LogP contribution in [-0.4, -0.2) is 31.2 Å². The highest BCUT2D eigenvalue weighted by Gasteiger charge is 2.41. The van der Waals surface area contributed by atoms with Gasteiger partial charge in [-0.25, -0.2) is 0 Å². The molecule has 98 valence electrons. The summed E-state index contributed by atoms with van der Waals surface area (Å²) in [5.74, 6) is 0.604. The predicted molar refractivity (Wildman–Crippen MR) is 66.4 cm³/mol. The highest BCUT2D eigenvalue weighted by molar-refractivity contribution is 5.78. The van der Waals surface area contributed by atoms with Gasteiger partial charge in [0.1, 0.15) is 0 Å². The molecule has 0 aromatic rings. The largest absolute Gasteiger partial charge is 0.381 e. The van der Waals surface area contributed by atoms with Crippen molar-refractivity contribution >= 4 is 5.91 Å². The lowest BCUT2D eigenvalue weighted by Crippen LogP contribution is -2.58. The Morgan fingerprint density at radius 1 is 1.41 bits per heavy atom. The average molecular weight is 240 g/mol. The number of carbonyl (C=O) groups is 1. The lowest BCUT2D eigenvalue weighted by atomic mass is 9.73. The van der Waals surface area contributed by atoms with E-state index in [9.17, 15) is 4.79 Å². The molecule has 2 saturated heterocycles. The molecule has 2 aliphatic rings. The zero-order valence-corrected chi connectivity index (χ0v) is 10.8. The van der Waals surface area contributed by atoms with Crippen LogP contribution in [-0.2, 0) is 9.53 Å². The van der Waals surface area contributed by atoms with Crippen molar-refractivity contribution in [3.8, 4) is 0 Å². The van der Waals surface area contributed by atoms with Crippen molar-refractivity contribution in [2.24, 2.45) is 23.5 Å². The van der Waals surface area contributed by atoms with Gasteiger partial charge in [0.25, 0.3) is 0 Å². The number of amides is 1. The second-order valence-electron chi connectivity index (χ2n) is 5.71. The van der Waals surface area contributed by atoms with Gasteiger partial charge in [0, 0.05) is 18.7 Å². The number of rotatable bonds is 2. The first-order valence-corrected chi connectivity index (χ1v) is 6.72. The first-order chi connectivity index (χ1) is 8.09. The third kappa shape index (κ3) is 2.80. The third-order valence-electron chi connectivity index (χ3n) is 4.23. The second-order valence-corrected chi connectivity index (χ2v) is 5.71. The molecule has 4 heteroatoms. The van der Waals surface area contributed by atoms with Crippen molar-refractivity contribution in [3.63, 3.8) is 0 Å². The summed E-state index contributed by atoms with van der Waals surface area (Å²) in [5.41, 5.74) is 5.58. The van der Waals surface area contributed by atoms with Gasteiger partial charge in [0.15, 0.2) is 0 Å². The highest BCUT2D eigenvalue weighted by atomic mass is 16.5. The van der Waals surface area contributed by atoms with E-state index in [1.165, 1.54) is 0 Å². The van der Waals surface area contributed by atoms with Gasteiger partial charge < -0.3 is 15.8 Å². The second kappa shape index (κ2) is 5.36. The van der Waals surface area contributed by atoms with Gasteiger partial charge in [-0.15, -0.1) is 0 Å². The summed E-state index contributed by atoms with van der Waals surface area (Å²) in [5, 5.41) is 3.57. The summed E-state index contributed by atoms with van der Waals surface area (Å²) in [6, 6.07) is 0.666. The monoisotopic (exact) mass is 240 g/mol. The molecular formula is C13H24N2O2. The van der Waals surface area contributed by atoms with Gasteiger partial charge in [0.2, 0.25) is 5.91 Å². The summed E-state index contributed by atoms with van der Waals surface area (Å²) in [7, 11) is 0. The summed E-state index contributed by atoms with van der Waals surface area (Å²) < 4.78 is 5.54. The van der Waals surface area contributed by atoms with Crippen LogP contribution < -0.4 is 11.1 Å². The van der Waals surface area contributed by atoms with Crippen LogP contribution in [0.1, 0.15) is 33.1 Å². The van der Waals surface area contributed by atoms with Crippen LogP contribution in [0.4, 0.5) is 0 Å². The quantitative estimate of drug-likeness (QED) is 0.754. The van der Waals surface area contributed by atoms with Crippen molar-refractivity contribution in [1.29, 1.82) is 0 Å². The zero-order chi connectivity index (χ0) is 12.4. The van der Waals surface area contributed by atoms with Crippen molar-refractivity contribution in [1.82, 2.24) is 5.32 Å². The Morgan fingerprint density at radius 2 is 2.18 bits per heavy atom. The Hall–Kier alpha value is -0.610. The van der Waals surface area contributed by atoms with E-state index in [1.807, 2.05) is 0 Å². The van der Waals surface area contributed by atoms with Gasteiger partial charge >= 0.3 is 0 Å². The molecule has 0 bridgehead atoms. The van der Waals surface area contributed by atoms with Crippen LogP contribution in [0.2, 0.25) is 0 Å². The molecule has 17 heavy (non-hydrogen) atoms. The molecule has 0 aromatic carbocycles. The average Bonchev–Trinajstić information content (AvgIpc) is 2.28. The fraction of sp³-hybridized carbons (Fsp3) is 0.923. The number of primary amides is 1. The number of ether oxygens (including phenoxy) is 1. The molecular weight excluding hydrogens is 216 g/mol. The van der Waals surface area contributed by atoms with Gasteiger partial charge in [-0.05, 0) is 38.0 Å². The highest BCUT2D eigenvalue weighted by Crippen LogP contribution is 2.32. The first kappa shape index (κ1) is 12.8. The zero-order valence-electron chi connectivity index (χ0n) is 10.8. The van der Waals surface area contributed by atoms with Gasteiger partial charge in [0.05, 0.1) is 12.5 Å². The number of hydrogen-bond acceptors (Lipinski definition) is 3. The summed E-state index contributed by atoms with van der Waals surface area (Å²) in [6.07, 6.45) is 3.26. The lowest BCUT2D eigenvalue weighted by molar-refractivity contribution is -0.127. The van der Waals surface area contributed by atoms with E-state index in [-0.39, 0.29) is 17.9 Å². The minimum Gasteiger partial charge on any atom is -0.381 e. The fourth-order valence-corrected chi connectivity index (χ4v) is 3.49. The van der Waals surface area contributed by atoms with E-state index >= 15 is 0 Å². The van der Waals surface area contributed by atoms with E-state index in [0.29, 0.717) is 17.9 Å². The van der Waals surface area contributed by atoms with Crippen molar-refractivity contribution in [3.05, 3.63) is 0 Å². The van der Waals surface area contributed by atoms with Crippen LogP contribution >= 0.6 is 0 Å². The van der Waals surface area contributed by atoms with Crippen molar-refractivity contribution < 1.29 is 9.53 Å². The topological polar surface area (TPSA) is 64.4 Å². The fourth-order valence-electron chi connectivity index (χ4n) is 3.49. The minimum atomic E-state index is -0.160. The maximum atomic E-state index is 11.7. The number of nitrogens with two attached hydrogens (primary N) is 1. The predicted octanol–water partition coefficient (Wildman–Crippen LogP) is 0.901. The molecule has 0 aromatic heterocycles. The number of hydrogen-bond donors (Lipinski definition) is 2. The molecule has 2 aliphatic heterocycles. The third-order valence-corrected chi connectivity index (χ3v) is 4.23. The van der Waals surface area contributed by atoms with Crippen molar-refractivity contribution in [2.45, 2.75) is 45.2 Å². The van der Waals surface area contributed by atoms with Gasteiger partial charge in [-0.2, -0.15) is 0 Å². The van der Waals surface area contributed by atoms with E-state index < -0.39 is 0 Å². The number of carbonyl (C=O) groups excluding carboxylic acids is 1. The van der Waals surface area contributed by atoms with Crippen LogP contribution in [0.15, 0.2) is 0 Å². The molecule has 2 heterocycles. The minimum absolute atomic E-state index is 0.0436. The van der Waals surface area contributed by atoms with Gasteiger partial charge in [-0.3, -0.25) is 4.79 Å². The Morgan fingerprint density at radius 3 is 2.76 bits per heavy atom.